The molecule has 0 aliphatic rings. The lowest BCUT2D eigenvalue weighted by Crippen LogP contribution is -2.15. The summed E-state index contributed by atoms with van der Waals surface area (Å²) < 4.78 is 5.62. The van der Waals surface area contributed by atoms with Gasteiger partial charge in [-0.2, -0.15) is 0 Å². The van der Waals surface area contributed by atoms with Gasteiger partial charge in [-0.3, -0.25) is 0 Å². The van der Waals surface area contributed by atoms with E-state index in [0.717, 1.165) is 17.7 Å². The van der Waals surface area contributed by atoms with Crippen LogP contribution in [0, 0.1) is 6.92 Å². The second kappa shape index (κ2) is 10.9. The molecular formula is C23H32O2. The quantitative estimate of drug-likeness (QED) is 0.374. The first-order chi connectivity index (χ1) is 12.2. The summed E-state index contributed by atoms with van der Waals surface area (Å²) >= 11 is 0. The Morgan fingerprint density at radius 1 is 0.760 bits per heavy atom. The van der Waals surface area contributed by atoms with Gasteiger partial charge in [-0.1, -0.05) is 87.4 Å². The maximum absolute atomic E-state index is 10.0. The second-order valence-corrected chi connectivity index (χ2v) is 6.87. The molecule has 0 saturated heterocycles. The number of aliphatic hydroxyl groups excluding tert-OH is 1. The SMILES string of the molecule is CCCCCCCCCC(O)Oc1ccc(-c2ccc(C)cc2)cc1. The summed E-state index contributed by atoms with van der Waals surface area (Å²) in [6.45, 7) is 4.33. The third kappa shape index (κ3) is 7.31. The molecule has 0 aromatic heterocycles. The minimum absolute atomic E-state index is 0.702. The van der Waals surface area contributed by atoms with E-state index in [1.165, 1.54) is 49.7 Å². The smallest absolute Gasteiger partial charge is 0.197 e. The average molecular weight is 341 g/mol. The van der Waals surface area contributed by atoms with Crippen molar-refractivity contribution < 1.29 is 9.84 Å². The van der Waals surface area contributed by atoms with Crippen molar-refractivity contribution in [2.24, 2.45) is 0 Å². The maximum atomic E-state index is 10.0. The minimum atomic E-state index is -0.708. The van der Waals surface area contributed by atoms with Crippen LogP contribution in [0.1, 0.15) is 63.9 Å². The van der Waals surface area contributed by atoms with Gasteiger partial charge in [-0.05, 0) is 36.6 Å². The molecule has 2 aromatic carbocycles. The second-order valence-electron chi connectivity index (χ2n) is 6.87. The lowest BCUT2D eigenvalue weighted by Gasteiger charge is -2.14. The summed E-state index contributed by atoms with van der Waals surface area (Å²) in [6.07, 6.45) is 8.73. The van der Waals surface area contributed by atoms with E-state index in [4.69, 9.17) is 4.74 Å². The highest BCUT2D eigenvalue weighted by molar-refractivity contribution is 5.64. The summed E-state index contributed by atoms with van der Waals surface area (Å²) in [5.41, 5.74) is 3.62. The first-order valence-corrected chi connectivity index (χ1v) is 9.71. The summed E-state index contributed by atoms with van der Waals surface area (Å²) in [6, 6.07) is 16.4. The third-order valence-corrected chi connectivity index (χ3v) is 4.57. The molecule has 0 radical (unpaired) electrons. The fourth-order valence-electron chi connectivity index (χ4n) is 2.96. The molecule has 0 amide bonds. The molecule has 0 bridgehead atoms. The zero-order valence-corrected chi connectivity index (χ0v) is 15.7. The number of aliphatic hydroxyl groups is 1. The number of hydrogen-bond donors (Lipinski definition) is 1. The van der Waals surface area contributed by atoms with E-state index in [1.54, 1.807) is 0 Å². The van der Waals surface area contributed by atoms with Gasteiger partial charge in [0.15, 0.2) is 6.29 Å². The molecule has 0 fully saturated rings. The van der Waals surface area contributed by atoms with Crippen molar-refractivity contribution >= 4 is 0 Å². The van der Waals surface area contributed by atoms with E-state index in [-0.39, 0.29) is 0 Å². The van der Waals surface area contributed by atoms with Crippen molar-refractivity contribution in [1.29, 1.82) is 0 Å². The Morgan fingerprint density at radius 3 is 1.88 bits per heavy atom. The number of unbranched alkanes of at least 4 members (excludes halogenated alkanes) is 6. The van der Waals surface area contributed by atoms with Gasteiger partial charge in [0.2, 0.25) is 0 Å². The monoisotopic (exact) mass is 340 g/mol. The van der Waals surface area contributed by atoms with Crippen LogP contribution in [0.5, 0.6) is 5.75 Å². The first-order valence-electron chi connectivity index (χ1n) is 9.71. The van der Waals surface area contributed by atoms with E-state index in [9.17, 15) is 5.11 Å². The molecule has 1 unspecified atom stereocenters. The number of rotatable bonds is 11. The Hall–Kier alpha value is -1.80. The van der Waals surface area contributed by atoms with Crippen LogP contribution in [-0.4, -0.2) is 11.4 Å². The van der Waals surface area contributed by atoms with Gasteiger partial charge in [0, 0.05) is 6.42 Å². The summed E-state index contributed by atoms with van der Waals surface area (Å²) in [7, 11) is 0. The molecule has 1 atom stereocenters. The van der Waals surface area contributed by atoms with Gasteiger partial charge >= 0.3 is 0 Å². The number of hydrogen-bond acceptors (Lipinski definition) is 2. The van der Waals surface area contributed by atoms with Gasteiger partial charge in [0.1, 0.15) is 5.75 Å². The zero-order chi connectivity index (χ0) is 17.9. The van der Waals surface area contributed by atoms with Crippen LogP contribution in [0.4, 0.5) is 0 Å². The Balaban J connectivity index is 1.70. The topological polar surface area (TPSA) is 29.5 Å². The van der Waals surface area contributed by atoms with Crippen LogP contribution in [-0.2, 0) is 0 Å². The van der Waals surface area contributed by atoms with Crippen molar-refractivity contribution in [3.8, 4) is 16.9 Å². The molecule has 2 rings (SSSR count). The number of benzene rings is 2. The predicted octanol–water partition coefficient (Wildman–Crippen LogP) is 6.50. The molecule has 1 N–H and O–H groups in total. The van der Waals surface area contributed by atoms with Gasteiger partial charge in [-0.15, -0.1) is 0 Å². The molecule has 2 nitrogen and oxygen atoms in total. The Labute approximate surface area is 152 Å². The predicted molar refractivity (Wildman–Crippen MR) is 106 cm³/mol. The van der Waals surface area contributed by atoms with Crippen molar-refractivity contribution in [1.82, 2.24) is 0 Å². The highest BCUT2D eigenvalue weighted by Gasteiger charge is 2.06. The van der Waals surface area contributed by atoms with E-state index in [2.05, 4.69) is 38.1 Å². The molecule has 2 aromatic rings. The van der Waals surface area contributed by atoms with Crippen molar-refractivity contribution in [3.05, 3.63) is 54.1 Å². The third-order valence-electron chi connectivity index (χ3n) is 4.57. The van der Waals surface area contributed by atoms with Crippen LogP contribution in [0.15, 0.2) is 48.5 Å². The van der Waals surface area contributed by atoms with Crippen molar-refractivity contribution in [2.45, 2.75) is 71.5 Å². The molecule has 0 aliphatic heterocycles. The highest BCUT2D eigenvalue weighted by Crippen LogP contribution is 2.23. The van der Waals surface area contributed by atoms with E-state index in [1.807, 2.05) is 24.3 Å². The molecule has 2 heteroatoms. The zero-order valence-electron chi connectivity index (χ0n) is 15.7. The fourth-order valence-corrected chi connectivity index (χ4v) is 2.96. The van der Waals surface area contributed by atoms with Crippen molar-refractivity contribution in [2.75, 3.05) is 0 Å². The van der Waals surface area contributed by atoms with Crippen LogP contribution < -0.4 is 4.74 Å². The van der Waals surface area contributed by atoms with Crippen LogP contribution in [0.3, 0.4) is 0 Å². The van der Waals surface area contributed by atoms with E-state index < -0.39 is 6.29 Å². The molecule has 0 saturated carbocycles. The summed E-state index contributed by atoms with van der Waals surface area (Å²) in [4.78, 5) is 0. The Bertz CT molecular complexity index is 586. The normalized spacial score (nSPS) is 12.1. The number of aryl methyl sites for hydroxylation is 1. The van der Waals surface area contributed by atoms with Gasteiger partial charge in [-0.25, -0.2) is 0 Å². The molecule has 136 valence electrons. The molecule has 0 aliphatic carbocycles. The highest BCUT2D eigenvalue weighted by atomic mass is 16.6. The van der Waals surface area contributed by atoms with E-state index in [0.29, 0.717) is 6.42 Å². The average Bonchev–Trinajstić information content (AvgIpc) is 2.62. The molecule has 25 heavy (non-hydrogen) atoms. The number of ether oxygens (including phenoxy) is 1. The molecule has 0 heterocycles. The fraction of sp³-hybridized carbons (Fsp3) is 0.478. The molecular weight excluding hydrogens is 308 g/mol. The van der Waals surface area contributed by atoms with Crippen LogP contribution >= 0.6 is 0 Å². The van der Waals surface area contributed by atoms with Crippen LogP contribution in [0.25, 0.3) is 11.1 Å². The maximum Gasteiger partial charge on any atom is 0.197 e. The lowest BCUT2D eigenvalue weighted by atomic mass is 10.0. The largest absolute Gasteiger partial charge is 0.465 e. The van der Waals surface area contributed by atoms with Crippen molar-refractivity contribution in [3.63, 3.8) is 0 Å². The lowest BCUT2D eigenvalue weighted by molar-refractivity contribution is -0.0246. The standard InChI is InChI=1S/C23H32O2/c1-3-4-5-6-7-8-9-10-23(24)25-22-17-15-21(16-18-22)20-13-11-19(2)12-14-20/h11-18,23-24H,3-10H2,1-2H3. The van der Waals surface area contributed by atoms with Gasteiger partial charge in [0.05, 0.1) is 0 Å². The summed E-state index contributed by atoms with van der Waals surface area (Å²) in [5, 5.41) is 10.0. The van der Waals surface area contributed by atoms with Crippen LogP contribution in [0.2, 0.25) is 0 Å². The minimum Gasteiger partial charge on any atom is -0.465 e. The first kappa shape index (κ1) is 19.5. The van der Waals surface area contributed by atoms with Gasteiger partial charge in [0.25, 0.3) is 0 Å². The van der Waals surface area contributed by atoms with E-state index >= 15 is 0 Å². The Morgan fingerprint density at radius 2 is 1.28 bits per heavy atom. The van der Waals surface area contributed by atoms with Gasteiger partial charge < -0.3 is 9.84 Å². The Kier molecular flexibility index (Phi) is 8.54. The summed E-state index contributed by atoms with van der Waals surface area (Å²) in [5.74, 6) is 0.728. The molecule has 0 spiro atoms.